The van der Waals surface area contributed by atoms with Gasteiger partial charge in [0.1, 0.15) is 17.4 Å². The van der Waals surface area contributed by atoms with Gasteiger partial charge in [0.25, 0.3) is 0 Å². The number of nitrogens with one attached hydrogen (secondary N) is 1. The third kappa shape index (κ3) is 3.33. The molecule has 0 amide bonds. The van der Waals surface area contributed by atoms with Crippen LogP contribution in [0.5, 0.6) is 0 Å². The molecule has 7 heteroatoms. The van der Waals surface area contributed by atoms with Crippen molar-refractivity contribution in [3.8, 4) is 17.4 Å². The SMILES string of the molecule is Cc1cc([C@@H](C)Nc2cccnc2C#N)c2oc(-c3cnn(C)c3)c(C)c(=O)c2c1. The number of aromatic nitrogens is 3. The Hall–Kier alpha value is -3.92. The Morgan fingerprint density at radius 3 is 2.80 bits per heavy atom. The van der Waals surface area contributed by atoms with Crippen LogP contribution in [0.1, 0.15) is 35.3 Å². The Kier molecular flexibility index (Phi) is 4.84. The number of benzene rings is 1. The standard InChI is InChI=1S/C23H21N5O2/c1-13-8-17(15(3)27-19-6-5-7-25-20(19)10-24)23-18(9-13)21(29)14(2)22(30-23)16-11-26-28(4)12-16/h5-9,11-12,15,27H,1-4H3/t15-/m1/s1. The van der Waals surface area contributed by atoms with Crippen LogP contribution in [0.3, 0.4) is 0 Å². The molecule has 1 N–H and O–H groups in total. The molecule has 0 unspecified atom stereocenters. The number of hydrogen-bond acceptors (Lipinski definition) is 6. The Morgan fingerprint density at radius 2 is 2.10 bits per heavy atom. The van der Waals surface area contributed by atoms with E-state index in [4.69, 9.17) is 4.42 Å². The quantitative estimate of drug-likeness (QED) is 0.551. The first-order valence-electron chi connectivity index (χ1n) is 9.57. The maximum atomic E-state index is 13.2. The van der Waals surface area contributed by atoms with Gasteiger partial charge in [-0.15, -0.1) is 0 Å². The molecular formula is C23H21N5O2. The second kappa shape index (κ2) is 7.48. The number of nitriles is 1. The van der Waals surface area contributed by atoms with Crippen molar-refractivity contribution >= 4 is 16.7 Å². The van der Waals surface area contributed by atoms with Gasteiger partial charge in [-0.25, -0.2) is 4.98 Å². The van der Waals surface area contributed by atoms with Crippen molar-refractivity contribution in [2.45, 2.75) is 26.8 Å². The van der Waals surface area contributed by atoms with E-state index >= 15 is 0 Å². The van der Waals surface area contributed by atoms with Crippen LogP contribution in [0, 0.1) is 25.2 Å². The van der Waals surface area contributed by atoms with Crippen molar-refractivity contribution in [2.75, 3.05) is 5.32 Å². The van der Waals surface area contributed by atoms with Crippen molar-refractivity contribution in [3.05, 3.63) is 75.5 Å². The van der Waals surface area contributed by atoms with Gasteiger partial charge in [-0.1, -0.05) is 6.07 Å². The summed E-state index contributed by atoms with van der Waals surface area (Å²) in [5, 5.41) is 17.4. The molecule has 0 saturated carbocycles. The maximum Gasteiger partial charge on any atom is 0.196 e. The summed E-state index contributed by atoms with van der Waals surface area (Å²) in [5.41, 5.74) is 4.49. The van der Waals surface area contributed by atoms with Crippen LogP contribution in [0.4, 0.5) is 5.69 Å². The molecule has 30 heavy (non-hydrogen) atoms. The van der Waals surface area contributed by atoms with Crippen LogP contribution >= 0.6 is 0 Å². The largest absolute Gasteiger partial charge is 0.455 e. The molecule has 4 rings (SSSR count). The van der Waals surface area contributed by atoms with Crippen molar-refractivity contribution in [3.63, 3.8) is 0 Å². The molecule has 1 atom stereocenters. The minimum Gasteiger partial charge on any atom is -0.455 e. The topological polar surface area (TPSA) is 96.7 Å². The fraction of sp³-hybridized carbons (Fsp3) is 0.217. The third-order valence-corrected chi connectivity index (χ3v) is 5.11. The summed E-state index contributed by atoms with van der Waals surface area (Å²) in [5.74, 6) is 0.511. The van der Waals surface area contributed by atoms with Crippen molar-refractivity contribution in [1.82, 2.24) is 14.8 Å². The average Bonchev–Trinajstić information content (AvgIpc) is 3.16. The van der Waals surface area contributed by atoms with Crippen LogP contribution in [0.25, 0.3) is 22.3 Å². The Labute approximate surface area is 173 Å². The highest BCUT2D eigenvalue weighted by molar-refractivity contribution is 5.84. The molecule has 0 saturated heterocycles. The molecule has 7 nitrogen and oxygen atoms in total. The third-order valence-electron chi connectivity index (χ3n) is 5.11. The average molecular weight is 399 g/mol. The zero-order valence-corrected chi connectivity index (χ0v) is 17.2. The molecule has 150 valence electrons. The van der Waals surface area contributed by atoms with Crippen molar-refractivity contribution in [2.24, 2.45) is 7.05 Å². The minimum absolute atomic E-state index is 0.0636. The number of fused-ring (bicyclic) bond motifs is 1. The summed E-state index contributed by atoms with van der Waals surface area (Å²) in [7, 11) is 1.82. The van der Waals surface area contributed by atoms with Gasteiger partial charge in [-0.3, -0.25) is 9.48 Å². The second-order valence-electron chi connectivity index (χ2n) is 7.40. The molecule has 3 aromatic heterocycles. The second-order valence-corrected chi connectivity index (χ2v) is 7.40. The van der Waals surface area contributed by atoms with Crippen LogP contribution in [0.2, 0.25) is 0 Å². The fourth-order valence-corrected chi connectivity index (χ4v) is 3.62. The Balaban J connectivity index is 1.90. The van der Waals surface area contributed by atoms with Gasteiger partial charge in [0, 0.05) is 30.6 Å². The lowest BCUT2D eigenvalue weighted by Gasteiger charge is -2.19. The number of rotatable bonds is 4. The van der Waals surface area contributed by atoms with Crippen LogP contribution < -0.4 is 10.7 Å². The molecule has 0 aliphatic rings. The van der Waals surface area contributed by atoms with E-state index in [0.29, 0.717) is 33.7 Å². The van der Waals surface area contributed by atoms with E-state index in [0.717, 1.165) is 16.7 Å². The highest BCUT2D eigenvalue weighted by atomic mass is 16.3. The molecule has 0 spiro atoms. The van der Waals surface area contributed by atoms with E-state index in [1.54, 1.807) is 36.1 Å². The first kappa shape index (κ1) is 19.4. The maximum absolute atomic E-state index is 13.2. The summed E-state index contributed by atoms with van der Waals surface area (Å²) in [6, 6.07) is 9.29. The summed E-state index contributed by atoms with van der Waals surface area (Å²) >= 11 is 0. The first-order valence-corrected chi connectivity index (χ1v) is 9.57. The number of aryl methyl sites for hydroxylation is 2. The van der Waals surface area contributed by atoms with Crippen molar-refractivity contribution in [1.29, 1.82) is 5.26 Å². The normalized spacial score (nSPS) is 12.0. The molecule has 4 aromatic rings. The highest BCUT2D eigenvalue weighted by Gasteiger charge is 2.20. The fourth-order valence-electron chi connectivity index (χ4n) is 3.62. The van der Waals surface area contributed by atoms with Gasteiger partial charge in [0.05, 0.1) is 28.9 Å². The molecule has 0 bridgehead atoms. The van der Waals surface area contributed by atoms with E-state index in [2.05, 4.69) is 21.5 Å². The number of nitrogens with zero attached hydrogens (tertiary/aromatic N) is 4. The molecular weight excluding hydrogens is 378 g/mol. The number of anilines is 1. The smallest absolute Gasteiger partial charge is 0.196 e. The molecule has 0 fully saturated rings. The molecule has 0 aliphatic carbocycles. The molecule has 1 aromatic carbocycles. The summed E-state index contributed by atoms with van der Waals surface area (Å²) in [6.45, 7) is 5.68. The van der Waals surface area contributed by atoms with Gasteiger partial charge in [-0.05, 0) is 44.5 Å². The highest BCUT2D eigenvalue weighted by Crippen LogP contribution is 2.32. The van der Waals surface area contributed by atoms with Gasteiger partial charge in [0.2, 0.25) is 0 Å². The molecule has 0 aliphatic heterocycles. The minimum atomic E-state index is -0.226. The Morgan fingerprint density at radius 1 is 1.30 bits per heavy atom. The summed E-state index contributed by atoms with van der Waals surface area (Å²) in [4.78, 5) is 17.3. The summed E-state index contributed by atoms with van der Waals surface area (Å²) in [6.07, 6.45) is 5.08. The molecule has 3 heterocycles. The molecule has 0 radical (unpaired) electrons. The lowest BCUT2D eigenvalue weighted by Crippen LogP contribution is -2.13. The number of pyridine rings is 1. The predicted molar refractivity (Wildman–Crippen MR) is 115 cm³/mol. The van der Waals surface area contributed by atoms with E-state index in [1.165, 1.54) is 0 Å². The lowest BCUT2D eigenvalue weighted by molar-refractivity contribution is 0.605. The van der Waals surface area contributed by atoms with Gasteiger partial charge < -0.3 is 9.73 Å². The van der Waals surface area contributed by atoms with Crippen LogP contribution in [-0.2, 0) is 7.05 Å². The Bertz CT molecular complexity index is 1360. The van der Waals surface area contributed by atoms with E-state index in [9.17, 15) is 10.1 Å². The van der Waals surface area contributed by atoms with Gasteiger partial charge in [0.15, 0.2) is 11.1 Å². The zero-order valence-electron chi connectivity index (χ0n) is 17.2. The lowest BCUT2D eigenvalue weighted by atomic mass is 9.99. The monoisotopic (exact) mass is 399 g/mol. The van der Waals surface area contributed by atoms with Crippen LogP contribution in [-0.4, -0.2) is 14.8 Å². The van der Waals surface area contributed by atoms with Gasteiger partial charge in [-0.2, -0.15) is 10.4 Å². The van der Waals surface area contributed by atoms with Crippen LogP contribution in [0.15, 0.2) is 52.1 Å². The van der Waals surface area contributed by atoms with Gasteiger partial charge >= 0.3 is 0 Å². The van der Waals surface area contributed by atoms with E-state index in [1.807, 2.05) is 39.2 Å². The first-order chi connectivity index (χ1) is 14.4. The number of hydrogen-bond donors (Lipinski definition) is 1. The van der Waals surface area contributed by atoms with Crippen molar-refractivity contribution < 1.29 is 4.42 Å². The summed E-state index contributed by atoms with van der Waals surface area (Å²) < 4.78 is 7.97. The predicted octanol–water partition coefficient (Wildman–Crippen LogP) is 4.25. The van der Waals surface area contributed by atoms with E-state index < -0.39 is 0 Å². The zero-order chi connectivity index (χ0) is 21.4. The van der Waals surface area contributed by atoms with E-state index in [-0.39, 0.29) is 11.5 Å².